The number of anilines is 1. The number of hydrogen-bond donors (Lipinski definition) is 1. The molecule has 0 aliphatic carbocycles. The van der Waals surface area contributed by atoms with E-state index < -0.39 is 23.2 Å². The lowest BCUT2D eigenvalue weighted by atomic mass is 9.74. The van der Waals surface area contributed by atoms with Gasteiger partial charge in [0.2, 0.25) is 5.91 Å². The molecule has 5 nitrogen and oxygen atoms in total. The molecule has 132 valence electrons. The number of carbonyl (C=O) groups is 1. The molecule has 1 amide bonds. The lowest BCUT2D eigenvalue weighted by Gasteiger charge is -2.48. The minimum absolute atomic E-state index is 0.121. The molecular weight excluding hydrogens is 357 g/mol. The molecule has 2 N–H and O–H groups in total. The van der Waals surface area contributed by atoms with Gasteiger partial charge in [0, 0.05) is 24.2 Å². The number of amides is 1. The van der Waals surface area contributed by atoms with E-state index in [4.69, 9.17) is 17.3 Å². The zero-order chi connectivity index (χ0) is 18.2. The number of aromatic nitrogens is 2. The van der Waals surface area contributed by atoms with Gasteiger partial charge in [-0.1, -0.05) is 23.7 Å². The van der Waals surface area contributed by atoms with Crippen LogP contribution in [-0.2, 0) is 17.4 Å². The monoisotopic (exact) mass is 370 g/mol. The molecular formula is C16H14ClF3N4O. The molecule has 1 saturated heterocycles. The molecule has 1 fully saturated rings. The normalized spacial score (nSPS) is 16.4. The predicted molar refractivity (Wildman–Crippen MR) is 86.0 cm³/mol. The van der Waals surface area contributed by atoms with Gasteiger partial charge < -0.3 is 10.6 Å². The van der Waals surface area contributed by atoms with Gasteiger partial charge in [0.1, 0.15) is 17.8 Å². The highest BCUT2D eigenvalue weighted by Gasteiger charge is 2.49. The number of rotatable bonds is 4. The van der Waals surface area contributed by atoms with Crippen molar-refractivity contribution in [2.45, 2.75) is 12.6 Å². The Morgan fingerprint density at radius 2 is 1.88 bits per heavy atom. The van der Waals surface area contributed by atoms with Crippen LogP contribution in [0, 0.1) is 5.41 Å². The summed E-state index contributed by atoms with van der Waals surface area (Å²) in [5.41, 5.74) is 4.55. The first kappa shape index (κ1) is 17.5. The highest BCUT2D eigenvalue weighted by molar-refractivity contribution is 6.30. The molecule has 1 aliphatic rings. The van der Waals surface area contributed by atoms with Gasteiger partial charge in [-0.15, -0.1) is 0 Å². The van der Waals surface area contributed by atoms with E-state index in [2.05, 4.69) is 9.97 Å². The summed E-state index contributed by atoms with van der Waals surface area (Å²) in [6.07, 6.45) is -3.30. The molecule has 9 heteroatoms. The first-order valence-corrected chi connectivity index (χ1v) is 7.76. The first-order chi connectivity index (χ1) is 11.7. The molecule has 3 rings (SSSR count). The van der Waals surface area contributed by atoms with E-state index in [-0.39, 0.29) is 18.9 Å². The molecule has 0 saturated carbocycles. The first-order valence-electron chi connectivity index (χ1n) is 7.38. The number of nitrogens with zero attached hydrogens (tertiary/aromatic N) is 3. The van der Waals surface area contributed by atoms with Crippen LogP contribution in [0.1, 0.15) is 11.3 Å². The second-order valence-corrected chi connectivity index (χ2v) is 6.50. The smallest absolute Gasteiger partial charge is 0.369 e. The highest BCUT2D eigenvalue weighted by atomic mass is 35.5. The zero-order valence-electron chi connectivity index (χ0n) is 12.9. The van der Waals surface area contributed by atoms with Crippen LogP contribution >= 0.6 is 11.6 Å². The maximum Gasteiger partial charge on any atom is 0.433 e. The summed E-state index contributed by atoms with van der Waals surface area (Å²) in [5, 5.41) is 0.577. The van der Waals surface area contributed by atoms with E-state index in [0.717, 1.165) is 18.0 Å². The maximum absolute atomic E-state index is 12.8. The van der Waals surface area contributed by atoms with Gasteiger partial charge >= 0.3 is 6.18 Å². The van der Waals surface area contributed by atoms with Crippen molar-refractivity contribution in [1.82, 2.24) is 9.97 Å². The summed E-state index contributed by atoms with van der Waals surface area (Å²) < 4.78 is 38.3. The summed E-state index contributed by atoms with van der Waals surface area (Å²) in [6, 6.07) is 7.88. The summed E-state index contributed by atoms with van der Waals surface area (Å²) in [4.78, 5) is 20.6. The van der Waals surface area contributed by atoms with Crippen molar-refractivity contribution in [3.63, 3.8) is 0 Å². The van der Waals surface area contributed by atoms with E-state index >= 15 is 0 Å². The number of hydrogen-bond acceptors (Lipinski definition) is 4. The largest absolute Gasteiger partial charge is 0.433 e. The van der Waals surface area contributed by atoms with Crippen molar-refractivity contribution in [3.8, 4) is 0 Å². The lowest BCUT2D eigenvalue weighted by molar-refractivity contribution is -0.141. The number of nitrogens with two attached hydrogens (primary N) is 1. The summed E-state index contributed by atoms with van der Waals surface area (Å²) >= 11 is 5.84. The molecule has 2 heterocycles. The van der Waals surface area contributed by atoms with E-state index in [1.165, 1.54) is 0 Å². The molecule has 1 aromatic heterocycles. The van der Waals surface area contributed by atoms with Gasteiger partial charge in [0.05, 0.1) is 5.41 Å². The van der Waals surface area contributed by atoms with Gasteiger partial charge in [0.25, 0.3) is 0 Å². The van der Waals surface area contributed by atoms with Gasteiger partial charge in [0.15, 0.2) is 0 Å². The molecule has 0 unspecified atom stereocenters. The van der Waals surface area contributed by atoms with Gasteiger partial charge in [-0.3, -0.25) is 4.79 Å². The quantitative estimate of drug-likeness (QED) is 0.898. The van der Waals surface area contributed by atoms with Gasteiger partial charge in [-0.2, -0.15) is 13.2 Å². The Kier molecular flexibility index (Phi) is 4.32. The third-order valence-electron chi connectivity index (χ3n) is 4.23. The van der Waals surface area contributed by atoms with Crippen molar-refractivity contribution in [2.24, 2.45) is 11.1 Å². The number of primary amides is 1. The Morgan fingerprint density at radius 3 is 2.44 bits per heavy atom. The number of benzene rings is 1. The minimum Gasteiger partial charge on any atom is -0.369 e. The summed E-state index contributed by atoms with van der Waals surface area (Å²) in [6.45, 7) is 0.387. The number of alkyl halides is 3. The molecule has 0 bridgehead atoms. The van der Waals surface area contributed by atoms with Crippen LogP contribution in [0.5, 0.6) is 0 Å². The molecule has 1 aromatic carbocycles. The van der Waals surface area contributed by atoms with Crippen LogP contribution < -0.4 is 10.6 Å². The van der Waals surface area contributed by atoms with Crippen molar-refractivity contribution in [3.05, 3.63) is 52.9 Å². The Hall–Kier alpha value is -2.35. The Balaban J connectivity index is 1.77. The van der Waals surface area contributed by atoms with Crippen LogP contribution in [0.4, 0.5) is 19.0 Å². The van der Waals surface area contributed by atoms with Crippen LogP contribution in [-0.4, -0.2) is 29.0 Å². The van der Waals surface area contributed by atoms with Crippen molar-refractivity contribution in [1.29, 1.82) is 0 Å². The predicted octanol–water partition coefficient (Wildman–Crippen LogP) is 2.68. The number of halogens is 4. The molecule has 0 spiro atoms. The molecule has 25 heavy (non-hydrogen) atoms. The lowest BCUT2D eigenvalue weighted by Crippen LogP contribution is -2.64. The standard InChI is InChI=1S/C16H14ClF3N4O/c17-11-3-1-10(2-4-11)6-15(14(21)25)7-24(8-15)13-5-12(16(18,19)20)22-9-23-13/h1-5,9H,6-8H2,(H2,21,25). The fourth-order valence-electron chi connectivity index (χ4n) is 2.87. The molecule has 0 radical (unpaired) electrons. The number of carbonyl (C=O) groups excluding carboxylic acids is 1. The van der Waals surface area contributed by atoms with Crippen molar-refractivity contribution in [2.75, 3.05) is 18.0 Å². The fraction of sp³-hybridized carbons (Fsp3) is 0.312. The zero-order valence-corrected chi connectivity index (χ0v) is 13.7. The summed E-state index contributed by atoms with van der Waals surface area (Å²) in [5.74, 6) is -0.376. The second kappa shape index (κ2) is 6.18. The third-order valence-corrected chi connectivity index (χ3v) is 4.48. The van der Waals surface area contributed by atoms with E-state index in [1.807, 2.05) is 0 Å². The second-order valence-electron chi connectivity index (χ2n) is 6.06. The maximum atomic E-state index is 12.8. The molecule has 1 aliphatic heterocycles. The molecule has 2 aromatic rings. The van der Waals surface area contributed by atoms with E-state index in [0.29, 0.717) is 11.4 Å². The Bertz CT molecular complexity index is 789. The minimum atomic E-state index is -4.55. The van der Waals surface area contributed by atoms with E-state index in [9.17, 15) is 18.0 Å². The SMILES string of the molecule is NC(=O)C1(Cc2ccc(Cl)cc2)CN(c2cc(C(F)(F)F)ncn2)C1. The average molecular weight is 371 g/mol. The van der Waals surface area contributed by atoms with Crippen LogP contribution in [0.15, 0.2) is 36.7 Å². The van der Waals surface area contributed by atoms with Crippen molar-refractivity contribution >= 4 is 23.3 Å². The van der Waals surface area contributed by atoms with Crippen LogP contribution in [0.2, 0.25) is 5.02 Å². The third kappa shape index (κ3) is 3.53. The van der Waals surface area contributed by atoms with E-state index in [1.54, 1.807) is 29.2 Å². The topological polar surface area (TPSA) is 72.1 Å². The van der Waals surface area contributed by atoms with Crippen LogP contribution in [0.3, 0.4) is 0 Å². The Morgan fingerprint density at radius 1 is 1.24 bits per heavy atom. The van der Waals surface area contributed by atoms with Gasteiger partial charge in [-0.05, 0) is 24.1 Å². The van der Waals surface area contributed by atoms with Gasteiger partial charge in [-0.25, -0.2) is 9.97 Å². The fourth-order valence-corrected chi connectivity index (χ4v) is 3.00. The highest BCUT2D eigenvalue weighted by Crippen LogP contribution is 2.38. The van der Waals surface area contributed by atoms with Crippen LogP contribution in [0.25, 0.3) is 0 Å². The summed E-state index contributed by atoms with van der Waals surface area (Å²) in [7, 11) is 0. The van der Waals surface area contributed by atoms with Crippen molar-refractivity contribution < 1.29 is 18.0 Å². The molecule has 0 atom stereocenters. The Labute approximate surface area is 146 Å². The average Bonchev–Trinajstić information content (AvgIpc) is 2.51.